The fourth-order valence-electron chi connectivity index (χ4n) is 3.94. The van der Waals surface area contributed by atoms with E-state index >= 15 is 0 Å². The number of urea groups is 1. The highest BCUT2D eigenvalue weighted by Crippen LogP contribution is 2.42. The topological polar surface area (TPSA) is 138 Å². The molecule has 1 aromatic carbocycles. The molecule has 2 atom stereocenters. The third-order valence-corrected chi connectivity index (χ3v) is 8.51. The molecule has 2 aromatic rings. The lowest BCUT2D eigenvalue weighted by Crippen LogP contribution is -2.18. The van der Waals surface area contributed by atoms with Crippen LogP contribution < -0.4 is 10.5 Å². The van der Waals surface area contributed by atoms with Gasteiger partial charge in [0.05, 0.1) is 12.3 Å². The Morgan fingerprint density at radius 3 is 2.83 bits per heavy atom. The molecule has 5 N–H and O–H groups in total. The number of carbonyl (C=O) groups is 1. The maximum absolute atomic E-state index is 12.8. The van der Waals surface area contributed by atoms with Crippen LogP contribution in [0.5, 0.6) is 0 Å². The second-order valence-electron chi connectivity index (χ2n) is 8.00. The normalized spacial score (nSPS) is 20.1. The predicted molar refractivity (Wildman–Crippen MR) is 111 cm³/mol. The van der Waals surface area contributed by atoms with Crippen LogP contribution in [0, 0.1) is 0 Å². The van der Waals surface area contributed by atoms with Crippen LogP contribution in [0.1, 0.15) is 60.1 Å². The maximum Gasteiger partial charge on any atom is 0.354 e. The largest absolute Gasteiger partial charge is 0.388 e. The zero-order valence-corrected chi connectivity index (χ0v) is 17.9. The first-order valence-electron chi connectivity index (χ1n) is 9.46. The fourth-order valence-corrected chi connectivity index (χ4v) is 6.01. The molecule has 8 nitrogen and oxygen atoms in total. The Bertz CT molecular complexity index is 1110. The van der Waals surface area contributed by atoms with Crippen LogP contribution in [0.4, 0.5) is 10.5 Å². The number of hydrogen-bond donors (Lipinski definition) is 4. The van der Waals surface area contributed by atoms with E-state index in [9.17, 15) is 19.2 Å². The number of amides is 2. The summed E-state index contributed by atoms with van der Waals surface area (Å²) in [6.07, 6.45) is 4.78. The number of anilines is 1. The second kappa shape index (κ2) is 7.13. The van der Waals surface area contributed by atoms with Gasteiger partial charge < -0.3 is 15.5 Å². The molecule has 1 aromatic heterocycles. The summed E-state index contributed by atoms with van der Waals surface area (Å²) in [6.45, 7) is 3.12. The van der Waals surface area contributed by atoms with Gasteiger partial charge in [0, 0.05) is 5.69 Å². The van der Waals surface area contributed by atoms with Gasteiger partial charge in [-0.1, -0.05) is 6.07 Å². The van der Waals surface area contributed by atoms with Crippen LogP contribution in [0.2, 0.25) is 0 Å². The number of aromatic nitrogens is 1. The molecule has 0 saturated carbocycles. The van der Waals surface area contributed by atoms with E-state index in [0.29, 0.717) is 23.5 Å². The Morgan fingerprint density at radius 1 is 1.38 bits per heavy atom. The van der Waals surface area contributed by atoms with E-state index in [1.807, 2.05) is 6.07 Å². The SMILES string of the molecule is CC(C)(O)c1ncc(S(N)(=O)=NC(=O)Nc2c3c(cc4c2CC[C@H]4O)CCC3)s1. The molecule has 29 heavy (non-hydrogen) atoms. The summed E-state index contributed by atoms with van der Waals surface area (Å²) in [4.78, 5) is 16.7. The molecule has 1 heterocycles. The molecule has 2 aliphatic carbocycles. The van der Waals surface area contributed by atoms with Crippen LogP contribution in [-0.2, 0) is 34.8 Å². The van der Waals surface area contributed by atoms with Gasteiger partial charge in [-0.2, -0.15) is 0 Å². The van der Waals surface area contributed by atoms with Crippen LogP contribution >= 0.6 is 11.3 Å². The number of carbonyl (C=O) groups excluding carboxylic acids is 1. The van der Waals surface area contributed by atoms with Gasteiger partial charge in [-0.05, 0) is 68.2 Å². The number of aliphatic hydroxyl groups excluding tert-OH is 1. The Hall–Kier alpha value is -1.85. The first kappa shape index (κ1) is 20.4. The van der Waals surface area contributed by atoms with Crippen molar-refractivity contribution in [3.8, 4) is 0 Å². The number of nitrogens with one attached hydrogen (secondary N) is 1. The zero-order valence-electron chi connectivity index (χ0n) is 16.3. The summed E-state index contributed by atoms with van der Waals surface area (Å²) in [7, 11) is -3.50. The summed E-state index contributed by atoms with van der Waals surface area (Å²) in [5, 5.41) is 29.2. The van der Waals surface area contributed by atoms with Crippen molar-refractivity contribution in [2.45, 2.75) is 61.9 Å². The van der Waals surface area contributed by atoms with Gasteiger partial charge in [0.2, 0.25) is 0 Å². The first-order valence-corrected chi connectivity index (χ1v) is 11.9. The van der Waals surface area contributed by atoms with Gasteiger partial charge in [0.15, 0.2) is 9.92 Å². The number of aryl methyl sites for hydroxylation is 1. The molecule has 0 bridgehead atoms. The predicted octanol–water partition coefficient (Wildman–Crippen LogP) is 2.77. The highest BCUT2D eigenvalue weighted by molar-refractivity contribution is 7.93. The van der Waals surface area contributed by atoms with Crippen molar-refractivity contribution < 1.29 is 19.2 Å². The highest BCUT2D eigenvalue weighted by Gasteiger charge is 2.29. The maximum atomic E-state index is 12.8. The van der Waals surface area contributed by atoms with Crippen molar-refractivity contribution in [3.63, 3.8) is 0 Å². The number of nitrogens with two attached hydrogens (primary N) is 1. The van der Waals surface area contributed by atoms with Gasteiger partial charge in [0.25, 0.3) is 0 Å². The molecule has 4 rings (SSSR count). The number of thiazole rings is 1. The van der Waals surface area contributed by atoms with E-state index in [1.165, 1.54) is 6.20 Å². The molecule has 0 aliphatic heterocycles. The van der Waals surface area contributed by atoms with Gasteiger partial charge in [-0.25, -0.2) is 19.1 Å². The summed E-state index contributed by atoms with van der Waals surface area (Å²) in [5.41, 5.74) is 3.45. The highest BCUT2D eigenvalue weighted by atomic mass is 32.2. The Kier molecular flexibility index (Phi) is 5.02. The number of hydrogen-bond acceptors (Lipinski definition) is 6. The summed E-state index contributed by atoms with van der Waals surface area (Å²) in [5.74, 6) is 0. The summed E-state index contributed by atoms with van der Waals surface area (Å²) < 4.78 is 16.7. The molecule has 156 valence electrons. The van der Waals surface area contributed by atoms with E-state index < -0.39 is 27.7 Å². The molecule has 0 fully saturated rings. The monoisotopic (exact) mass is 436 g/mol. The summed E-state index contributed by atoms with van der Waals surface area (Å²) in [6, 6.07) is 1.25. The molecular weight excluding hydrogens is 412 g/mol. The molecule has 0 saturated heterocycles. The Morgan fingerprint density at radius 2 is 2.14 bits per heavy atom. The Balaban J connectivity index is 1.66. The lowest BCUT2D eigenvalue weighted by atomic mass is 9.98. The molecule has 0 spiro atoms. The average molecular weight is 437 g/mol. The third-order valence-electron chi connectivity index (χ3n) is 5.32. The average Bonchev–Trinajstić information content (AvgIpc) is 3.33. The number of benzene rings is 1. The third kappa shape index (κ3) is 3.82. The summed E-state index contributed by atoms with van der Waals surface area (Å²) >= 11 is 0.967. The van der Waals surface area contributed by atoms with Crippen molar-refractivity contribution >= 4 is 33.0 Å². The van der Waals surface area contributed by atoms with Gasteiger partial charge in [-0.3, -0.25) is 0 Å². The molecule has 0 radical (unpaired) electrons. The van der Waals surface area contributed by atoms with Gasteiger partial charge in [0.1, 0.15) is 14.8 Å². The van der Waals surface area contributed by atoms with Crippen molar-refractivity contribution in [2.75, 3.05) is 5.32 Å². The quantitative estimate of drug-likeness (QED) is 0.586. The van der Waals surface area contributed by atoms with Crippen molar-refractivity contribution in [3.05, 3.63) is 39.5 Å². The number of rotatable bonds is 3. The standard InChI is InChI=1S/C19H24N4O4S2/c1-19(2,26)17-21-9-15(28-17)29(20,27)23-18(25)22-16-11-5-3-4-10(11)8-13-12(16)6-7-14(13)24/h8-9,14,24,26H,3-7H2,1-2H3,(H3,20,22,23,25,27)/t14-,29?/m1/s1. The first-order chi connectivity index (χ1) is 13.6. The zero-order chi connectivity index (χ0) is 21.0. The van der Waals surface area contributed by atoms with Gasteiger partial charge in [-0.15, -0.1) is 15.7 Å². The molecule has 1 unspecified atom stereocenters. The molecular formula is C19H24N4O4S2. The van der Waals surface area contributed by atoms with E-state index in [1.54, 1.807) is 13.8 Å². The molecule has 2 amide bonds. The minimum Gasteiger partial charge on any atom is -0.388 e. The number of fused-ring (bicyclic) bond motifs is 2. The molecule has 2 aliphatic rings. The number of nitrogens with zero attached hydrogens (tertiary/aromatic N) is 2. The number of aliphatic hydroxyl groups is 2. The lowest BCUT2D eigenvalue weighted by molar-refractivity contribution is 0.0783. The van der Waals surface area contributed by atoms with Gasteiger partial charge >= 0.3 is 6.03 Å². The van der Waals surface area contributed by atoms with Crippen molar-refractivity contribution in [1.82, 2.24) is 4.98 Å². The Labute approximate surface area is 173 Å². The van der Waals surface area contributed by atoms with Crippen LogP contribution in [0.3, 0.4) is 0 Å². The molecule has 10 heteroatoms. The van der Waals surface area contributed by atoms with Crippen molar-refractivity contribution in [2.24, 2.45) is 9.50 Å². The van der Waals surface area contributed by atoms with E-state index in [4.69, 9.17) is 5.14 Å². The van der Waals surface area contributed by atoms with E-state index in [2.05, 4.69) is 14.7 Å². The minimum absolute atomic E-state index is 0.128. The van der Waals surface area contributed by atoms with Crippen LogP contribution in [0.15, 0.2) is 20.8 Å². The lowest BCUT2D eigenvalue weighted by Gasteiger charge is -2.15. The smallest absolute Gasteiger partial charge is 0.354 e. The van der Waals surface area contributed by atoms with E-state index in [0.717, 1.165) is 52.9 Å². The van der Waals surface area contributed by atoms with E-state index in [-0.39, 0.29) is 4.21 Å². The van der Waals surface area contributed by atoms with Crippen LogP contribution in [0.25, 0.3) is 0 Å². The minimum atomic E-state index is -3.50. The van der Waals surface area contributed by atoms with Crippen molar-refractivity contribution in [1.29, 1.82) is 0 Å². The fraction of sp³-hybridized carbons (Fsp3) is 0.474. The second-order valence-corrected chi connectivity index (χ2v) is 11.0. The van der Waals surface area contributed by atoms with Crippen LogP contribution in [-0.4, -0.2) is 25.4 Å².